The van der Waals surface area contributed by atoms with Gasteiger partial charge in [0.05, 0.1) is 42.1 Å². The lowest BCUT2D eigenvalue weighted by Gasteiger charge is -2.16. The molecule has 11 nitrogen and oxygen atoms in total. The van der Waals surface area contributed by atoms with E-state index in [1.165, 1.54) is 32.5 Å². The van der Waals surface area contributed by atoms with Gasteiger partial charge in [-0.3, -0.25) is 9.78 Å². The molecule has 41 heavy (non-hydrogen) atoms. The molecule has 0 saturated heterocycles. The lowest BCUT2D eigenvalue weighted by atomic mass is 10.0. The Hall–Kier alpha value is -5.71. The minimum atomic E-state index is -1.10. The zero-order valence-electron chi connectivity index (χ0n) is 22.4. The van der Waals surface area contributed by atoms with Crippen molar-refractivity contribution in [2.45, 2.75) is 6.92 Å². The van der Waals surface area contributed by atoms with Crippen LogP contribution in [-0.4, -0.2) is 46.2 Å². The summed E-state index contributed by atoms with van der Waals surface area (Å²) in [6, 6.07) is 18.0. The van der Waals surface area contributed by atoms with Crippen LogP contribution in [0.5, 0.6) is 11.9 Å². The van der Waals surface area contributed by atoms with E-state index in [1.54, 1.807) is 24.4 Å². The molecule has 5 rings (SSSR count). The summed E-state index contributed by atoms with van der Waals surface area (Å²) in [7, 11) is 2.96. The highest BCUT2D eigenvalue weighted by Crippen LogP contribution is 2.35. The number of primary amides is 1. The lowest BCUT2D eigenvalue weighted by Crippen LogP contribution is -2.14. The average Bonchev–Trinajstić information content (AvgIpc) is 2.96. The van der Waals surface area contributed by atoms with Crippen molar-refractivity contribution < 1.29 is 24.2 Å². The third-order valence-electron chi connectivity index (χ3n) is 6.31. The number of carboxylic acid groups (broad SMARTS) is 1. The van der Waals surface area contributed by atoms with Crippen LogP contribution in [0.4, 0.5) is 22.7 Å². The summed E-state index contributed by atoms with van der Waals surface area (Å²) < 4.78 is 10.5. The second kappa shape index (κ2) is 11.2. The number of nitrogens with one attached hydrogen (secondary N) is 2. The number of hydrogen-bond acceptors (Lipinski definition) is 9. The van der Waals surface area contributed by atoms with E-state index in [4.69, 9.17) is 15.2 Å². The Kier molecular flexibility index (Phi) is 7.33. The zero-order chi connectivity index (χ0) is 29.1. The summed E-state index contributed by atoms with van der Waals surface area (Å²) in [5.41, 5.74) is 11.0. The summed E-state index contributed by atoms with van der Waals surface area (Å²) >= 11 is 0. The van der Waals surface area contributed by atoms with Gasteiger partial charge in [0.2, 0.25) is 5.88 Å². The number of carboxylic acids is 1. The van der Waals surface area contributed by atoms with Crippen LogP contribution < -0.4 is 25.8 Å². The van der Waals surface area contributed by atoms with E-state index in [0.29, 0.717) is 39.4 Å². The van der Waals surface area contributed by atoms with Crippen molar-refractivity contribution in [3.8, 4) is 23.0 Å². The standard InChI is InChI=1S/C30H26N6O5/c1-16-5-4-6-19(9-16)34-20-10-18(29(38)39)11-21(13-20)35-26-22-8-7-17(12-25(22)32-15-24(26)27(31)37)23-14-33-30(41-3)36-28(23)40-2/h4-15,34H,1-3H3,(H2,31,37)(H,32,35)(H,38,39). The minimum Gasteiger partial charge on any atom is -0.480 e. The fourth-order valence-electron chi connectivity index (χ4n) is 4.41. The van der Waals surface area contributed by atoms with Crippen molar-refractivity contribution in [3.05, 3.63) is 89.7 Å². The van der Waals surface area contributed by atoms with Crippen molar-refractivity contribution >= 4 is 45.5 Å². The van der Waals surface area contributed by atoms with Crippen LogP contribution in [0.1, 0.15) is 26.3 Å². The van der Waals surface area contributed by atoms with Gasteiger partial charge in [-0.2, -0.15) is 4.98 Å². The molecule has 0 radical (unpaired) electrons. The number of anilines is 4. The number of carbonyl (C=O) groups is 2. The minimum absolute atomic E-state index is 0.0537. The smallest absolute Gasteiger partial charge is 0.335 e. The molecule has 3 aromatic carbocycles. The van der Waals surface area contributed by atoms with Crippen LogP contribution in [0.25, 0.3) is 22.0 Å². The predicted octanol–water partition coefficient (Wildman–Crippen LogP) is 5.30. The first-order chi connectivity index (χ1) is 19.7. The SMILES string of the molecule is COc1ncc(-c2ccc3c(Nc4cc(Nc5cccc(C)c5)cc(C(=O)O)c4)c(C(N)=O)cnc3c2)c(OC)n1. The molecule has 11 heteroatoms. The number of fused-ring (bicyclic) bond motifs is 1. The number of nitrogens with two attached hydrogens (primary N) is 1. The van der Waals surface area contributed by atoms with Crippen molar-refractivity contribution in [2.75, 3.05) is 24.9 Å². The van der Waals surface area contributed by atoms with E-state index in [9.17, 15) is 14.7 Å². The Morgan fingerprint density at radius 2 is 1.66 bits per heavy atom. The second-order valence-corrected chi connectivity index (χ2v) is 9.15. The molecule has 2 heterocycles. The molecule has 2 aromatic heterocycles. The highest BCUT2D eigenvalue weighted by molar-refractivity contribution is 6.08. The molecule has 5 aromatic rings. The van der Waals surface area contributed by atoms with E-state index >= 15 is 0 Å². The van der Waals surface area contributed by atoms with E-state index in [2.05, 4.69) is 25.6 Å². The molecule has 0 spiro atoms. The number of hydrogen-bond donors (Lipinski definition) is 4. The van der Waals surface area contributed by atoms with Crippen molar-refractivity contribution in [3.63, 3.8) is 0 Å². The fraction of sp³-hybridized carbons (Fsp3) is 0.100. The van der Waals surface area contributed by atoms with Gasteiger partial charge in [0, 0.05) is 34.8 Å². The normalized spacial score (nSPS) is 10.7. The maximum Gasteiger partial charge on any atom is 0.335 e. The monoisotopic (exact) mass is 550 g/mol. The number of aromatic carboxylic acids is 1. The van der Waals surface area contributed by atoms with E-state index < -0.39 is 11.9 Å². The van der Waals surface area contributed by atoms with Gasteiger partial charge >= 0.3 is 12.0 Å². The molecule has 0 aliphatic carbocycles. The number of aromatic nitrogens is 3. The molecule has 206 valence electrons. The quantitative estimate of drug-likeness (QED) is 0.189. The van der Waals surface area contributed by atoms with Crippen LogP contribution in [0.15, 0.2) is 73.1 Å². The van der Waals surface area contributed by atoms with Gasteiger partial charge in [0.25, 0.3) is 5.91 Å². The summed E-state index contributed by atoms with van der Waals surface area (Å²) in [6.07, 6.45) is 2.97. The first-order valence-electron chi connectivity index (χ1n) is 12.4. The summed E-state index contributed by atoms with van der Waals surface area (Å²) in [5.74, 6) is -1.47. The molecule has 5 N–H and O–H groups in total. The molecule has 0 aliphatic heterocycles. The van der Waals surface area contributed by atoms with Gasteiger partial charge in [0.15, 0.2) is 0 Å². The lowest BCUT2D eigenvalue weighted by molar-refractivity contribution is 0.0696. The van der Waals surface area contributed by atoms with E-state index in [-0.39, 0.29) is 17.1 Å². The van der Waals surface area contributed by atoms with Gasteiger partial charge in [-0.05, 0) is 54.4 Å². The number of aryl methyl sites for hydroxylation is 1. The first-order valence-corrected chi connectivity index (χ1v) is 12.4. The molecule has 0 atom stereocenters. The second-order valence-electron chi connectivity index (χ2n) is 9.15. The maximum atomic E-state index is 12.4. The topological polar surface area (TPSA) is 162 Å². The van der Waals surface area contributed by atoms with Crippen molar-refractivity contribution in [1.29, 1.82) is 0 Å². The molecular formula is C30H26N6O5. The molecule has 0 fully saturated rings. The number of amides is 1. The molecule has 1 amide bonds. The van der Waals surface area contributed by atoms with E-state index in [0.717, 1.165) is 16.8 Å². The van der Waals surface area contributed by atoms with Crippen LogP contribution in [-0.2, 0) is 0 Å². The van der Waals surface area contributed by atoms with Gasteiger partial charge in [-0.1, -0.05) is 24.3 Å². The van der Waals surface area contributed by atoms with Crippen LogP contribution in [0.3, 0.4) is 0 Å². The number of nitrogens with zero attached hydrogens (tertiary/aromatic N) is 3. The molecule has 0 bridgehead atoms. The van der Waals surface area contributed by atoms with Gasteiger partial charge in [-0.15, -0.1) is 0 Å². The average molecular weight is 551 g/mol. The first kappa shape index (κ1) is 26.9. The van der Waals surface area contributed by atoms with Gasteiger partial charge in [-0.25, -0.2) is 9.78 Å². The molecule has 0 aliphatic rings. The van der Waals surface area contributed by atoms with Crippen molar-refractivity contribution in [1.82, 2.24) is 15.0 Å². The van der Waals surface area contributed by atoms with Crippen LogP contribution in [0.2, 0.25) is 0 Å². The predicted molar refractivity (Wildman–Crippen MR) is 156 cm³/mol. The molecular weight excluding hydrogens is 524 g/mol. The fourth-order valence-corrected chi connectivity index (χ4v) is 4.41. The van der Waals surface area contributed by atoms with Gasteiger partial charge in [0.1, 0.15) is 0 Å². The Balaban J connectivity index is 1.59. The Labute approximate surface area is 235 Å². The molecule has 0 saturated carbocycles. The Morgan fingerprint density at radius 1 is 0.878 bits per heavy atom. The summed E-state index contributed by atoms with van der Waals surface area (Å²) in [5, 5.41) is 16.8. The number of rotatable bonds is 9. The largest absolute Gasteiger partial charge is 0.480 e. The van der Waals surface area contributed by atoms with Crippen LogP contribution in [0, 0.1) is 6.92 Å². The summed E-state index contributed by atoms with van der Waals surface area (Å²) in [6.45, 7) is 1.97. The highest BCUT2D eigenvalue weighted by Gasteiger charge is 2.18. The number of methoxy groups -OCH3 is 2. The Morgan fingerprint density at radius 3 is 2.34 bits per heavy atom. The van der Waals surface area contributed by atoms with Gasteiger partial charge < -0.3 is 30.9 Å². The summed E-state index contributed by atoms with van der Waals surface area (Å²) in [4.78, 5) is 37.2. The maximum absolute atomic E-state index is 12.4. The zero-order valence-corrected chi connectivity index (χ0v) is 22.4. The third kappa shape index (κ3) is 5.69. The number of pyridine rings is 1. The highest BCUT2D eigenvalue weighted by atomic mass is 16.5. The number of ether oxygens (including phenoxy) is 2. The van der Waals surface area contributed by atoms with Crippen molar-refractivity contribution in [2.24, 2.45) is 5.73 Å². The van der Waals surface area contributed by atoms with E-state index in [1.807, 2.05) is 37.3 Å². The van der Waals surface area contributed by atoms with Crippen LogP contribution >= 0.6 is 0 Å². The third-order valence-corrected chi connectivity index (χ3v) is 6.31. The molecule has 0 unspecified atom stereocenters. The number of carbonyl (C=O) groups excluding carboxylic acids is 1. The number of benzene rings is 3. The Bertz CT molecular complexity index is 1810.